The molecule has 2 heterocycles. The van der Waals surface area contributed by atoms with Gasteiger partial charge in [-0.2, -0.15) is 5.01 Å². The van der Waals surface area contributed by atoms with Gasteiger partial charge in [-0.1, -0.05) is 60.7 Å². The third-order valence-corrected chi connectivity index (χ3v) is 7.19. The minimum Gasteiger partial charge on any atom is -0.322 e. The zero-order valence-corrected chi connectivity index (χ0v) is 21.3. The number of hydrogen-bond acceptors (Lipinski definition) is 5. The number of rotatable bonds is 10. The lowest BCUT2D eigenvalue weighted by atomic mass is 9.93. The maximum Gasteiger partial charge on any atom is 0.344 e. The Labute approximate surface area is 213 Å². The van der Waals surface area contributed by atoms with Crippen molar-refractivity contribution >= 4 is 17.8 Å². The van der Waals surface area contributed by atoms with E-state index in [9.17, 15) is 14.4 Å². The van der Waals surface area contributed by atoms with Crippen LogP contribution in [0.15, 0.2) is 60.7 Å². The molecule has 2 aliphatic heterocycles. The molecule has 8 nitrogen and oxygen atoms in total. The molecule has 0 bridgehead atoms. The molecule has 36 heavy (non-hydrogen) atoms. The van der Waals surface area contributed by atoms with Crippen molar-refractivity contribution < 1.29 is 14.4 Å². The van der Waals surface area contributed by atoms with Crippen molar-refractivity contribution in [1.82, 2.24) is 25.6 Å². The number of imide groups is 1. The molecule has 2 fully saturated rings. The van der Waals surface area contributed by atoms with Crippen LogP contribution in [0.3, 0.4) is 0 Å². The standard InChI is InChI=1S/C28H37N5O3/c1-28(16-13-22-9-5-3-6-10-22)26(35)33(27(36)29-28)30-25(34)21-32-17-14-24(15-18-32)20-31(2)19-23-11-7-4-8-12-23/h3-12,24H,13-21H2,1-2H3,(H,29,36)(H,30,34)/t28-/m1/s1. The number of carbonyl (C=O) groups excluding carboxylic acids is 3. The lowest BCUT2D eigenvalue weighted by molar-refractivity contribution is -0.139. The summed E-state index contributed by atoms with van der Waals surface area (Å²) in [6.07, 6.45) is 3.15. The van der Waals surface area contributed by atoms with Crippen LogP contribution >= 0.6 is 0 Å². The molecule has 2 saturated heterocycles. The average molecular weight is 492 g/mol. The fraction of sp³-hybridized carbons (Fsp3) is 0.464. The molecule has 2 aliphatic rings. The molecular weight excluding hydrogens is 454 g/mol. The molecule has 0 saturated carbocycles. The Morgan fingerprint density at radius 3 is 2.28 bits per heavy atom. The van der Waals surface area contributed by atoms with E-state index in [4.69, 9.17) is 0 Å². The van der Waals surface area contributed by atoms with Crippen molar-refractivity contribution in [3.63, 3.8) is 0 Å². The summed E-state index contributed by atoms with van der Waals surface area (Å²) in [4.78, 5) is 42.6. The summed E-state index contributed by atoms with van der Waals surface area (Å²) in [5.74, 6) is -0.170. The van der Waals surface area contributed by atoms with Crippen molar-refractivity contribution in [3.05, 3.63) is 71.8 Å². The van der Waals surface area contributed by atoms with Gasteiger partial charge in [0.05, 0.1) is 6.54 Å². The molecule has 0 aromatic heterocycles. The zero-order chi connectivity index (χ0) is 25.5. The largest absolute Gasteiger partial charge is 0.344 e. The number of nitrogens with one attached hydrogen (secondary N) is 2. The molecule has 2 N–H and O–H groups in total. The van der Waals surface area contributed by atoms with Crippen LogP contribution in [-0.2, 0) is 22.6 Å². The maximum absolute atomic E-state index is 13.0. The number of urea groups is 1. The molecule has 192 valence electrons. The van der Waals surface area contributed by atoms with E-state index in [1.54, 1.807) is 6.92 Å². The van der Waals surface area contributed by atoms with Gasteiger partial charge in [0.2, 0.25) is 0 Å². The number of aryl methyl sites for hydroxylation is 1. The molecule has 2 aromatic carbocycles. The lowest BCUT2D eigenvalue weighted by Gasteiger charge is -2.33. The molecular formula is C28H37N5O3. The van der Waals surface area contributed by atoms with Crippen molar-refractivity contribution in [3.8, 4) is 0 Å². The fourth-order valence-corrected chi connectivity index (χ4v) is 5.09. The SMILES string of the molecule is CN(Cc1ccccc1)CC1CCN(CC(=O)NN2C(=O)N[C@](C)(CCc3ccccc3)C2=O)CC1. The average Bonchev–Trinajstić information content (AvgIpc) is 3.08. The van der Waals surface area contributed by atoms with Gasteiger partial charge in [-0.3, -0.25) is 19.9 Å². The van der Waals surface area contributed by atoms with Gasteiger partial charge in [0, 0.05) is 13.1 Å². The first kappa shape index (κ1) is 25.9. The van der Waals surface area contributed by atoms with Gasteiger partial charge in [-0.05, 0) is 69.8 Å². The Balaban J connectivity index is 1.19. The van der Waals surface area contributed by atoms with Gasteiger partial charge in [0.15, 0.2) is 0 Å². The Bertz CT molecular complexity index is 1040. The summed E-state index contributed by atoms with van der Waals surface area (Å²) in [5.41, 5.74) is 3.90. The number of nitrogens with zero attached hydrogens (tertiary/aromatic N) is 3. The van der Waals surface area contributed by atoms with E-state index < -0.39 is 17.5 Å². The molecule has 0 aliphatic carbocycles. The van der Waals surface area contributed by atoms with Crippen LogP contribution in [0.2, 0.25) is 0 Å². The zero-order valence-electron chi connectivity index (χ0n) is 21.3. The Morgan fingerprint density at radius 2 is 1.64 bits per heavy atom. The normalized spacial score (nSPS) is 21.1. The van der Waals surface area contributed by atoms with Crippen LogP contribution in [0.1, 0.15) is 37.3 Å². The van der Waals surface area contributed by atoms with Gasteiger partial charge < -0.3 is 10.2 Å². The summed E-state index contributed by atoms with van der Waals surface area (Å²) < 4.78 is 0. The van der Waals surface area contributed by atoms with E-state index in [-0.39, 0.29) is 12.5 Å². The van der Waals surface area contributed by atoms with Crippen LogP contribution in [0.4, 0.5) is 4.79 Å². The minimum atomic E-state index is -1.04. The predicted octanol–water partition coefficient (Wildman–Crippen LogP) is 2.80. The van der Waals surface area contributed by atoms with Crippen molar-refractivity contribution in [2.45, 2.75) is 44.7 Å². The quantitative estimate of drug-likeness (QED) is 0.500. The minimum absolute atomic E-state index is 0.171. The topological polar surface area (TPSA) is 85.0 Å². The molecule has 0 unspecified atom stereocenters. The van der Waals surface area contributed by atoms with Crippen LogP contribution < -0.4 is 10.7 Å². The van der Waals surface area contributed by atoms with Gasteiger partial charge in [0.25, 0.3) is 11.8 Å². The Hall–Kier alpha value is -3.23. The number of carbonyl (C=O) groups is 3. The van der Waals surface area contributed by atoms with Gasteiger partial charge in [0.1, 0.15) is 5.54 Å². The summed E-state index contributed by atoms with van der Waals surface area (Å²) in [6, 6.07) is 19.7. The van der Waals surface area contributed by atoms with E-state index in [2.05, 4.69) is 51.9 Å². The molecule has 4 amide bonds. The highest BCUT2D eigenvalue weighted by Gasteiger charge is 2.48. The predicted molar refractivity (Wildman–Crippen MR) is 139 cm³/mol. The lowest BCUT2D eigenvalue weighted by Crippen LogP contribution is -2.52. The Morgan fingerprint density at radius 1 is 1.03 bits per heavy atom. The van der Waals surface area contributed by atoms with Crippen LogP contribution in [0, 0.1) is 5.92 Å². The second-order valence-electron chi connectivity index (χ2n) is 10.3. The summed E-state index contributed by atoms with van der Waals surface area (Å²) in [5, 5.41) is 3.60. The molecule has 4 rings (SSSR count). The van der Waals surface area contributed by atoms with Crippen LogP contribution in [0.25, 0.3) is 0 Å². The second-order valence-corrected chi connectivity index (χ2v) is 10.3. The number of piperidine rings is 1. The first-order valence-electron chi connectivity index (χ1n) is 12.8. The Kier molecular flexibility index (Phi) is 8.38. The van der Waals surface area contributed by atoms with Gasteiger partial charge in [-0.25, -0.2) is 4.79 Å². The monoisotopic (exact) mass is 491 g/mol. The van der Waals surface area contributed by atoms with E-state index in [0.29, 0.717) is 18.8 Å². The number of hydrogen-bond donors (Lipinski definition) is 2. The number of likely N-dealkylation sites (tertiary alicyclic amines) is 1. The smallest absolute Gasteiger partial charge is 0.322 e. The summed E-state index contributed by atoms with van der Waals surface area (Å²) in [6.45, 7) is 5.49. The maximum atomic E-state index is 13.0. The van der Waals surface area contributed by atoms with E-state index in [1.807, 2.05) is 36.4 Å². The van der Waals surface area contributed by atoms with Gasteiger partial charge in [-0.15, -0.1) is 0 Å². The molecule has 8 heteroatoms. The summed E-state index contributed by atoms with van der Waals surface area (Å²) in [7, 11) is 2.15. The van der Waals surface area contributed by atoms with Crippen molar-refractivity contribution in [2.75, 3.05) is 33.2 Å². The first-order valence-corrected chi connectivity index (χ1v) is 12.8. The third kappa shape index (κ3) is 6.71. The molecule has 0 spiro atoms. The first-order chi connectivity index (χ1) is 17.3. The highest BCUT2D eigenvalue weighted by Crippen LogP contribution is 2.23. The third-order valence-electron chi connectivity index (χ3n) is 7.19. The number of hydrazine groups is 1. The number of benzene rings is 2. The molecule has 1 atom stereocenters. The molecule has 2 aromatic rings. The fourth-order valence-electron chi connectivity index (χ4n) is 5.09. The highest BCUT2D eigenvalue weighted by atomic mass is 16.2. The van der Waals surface area contributed by atoms with E-state index >= 15 is 0 Å². The van der Waals surface area contributed by atoms with Crippen LogP contribution in [-0.4, -0.2) is 71.4 Å². The number of amides is 4. The second kappa shape index (κ2) is 11.7. The van der Waals surface area contributed by atoms with E-state index in [0.717, 1.165) is 49.6 Å². The van der Waals surface area contributed by atoms with Crippen molar-refractivity contribution in [2.24, 2.45) is 5.92 Å². The summed E-state index contributed by atoms with van der Waals surface area (Å²) >= 11 is 0. The van der Waals surface area contributed by atoms with Gasteiger partial charge >= 0.3 is 6.03 Å². The highest BCUT2D eigenvalue weighted by molar-refractivity contribution is 6.07. The van der Waals surface area contributed by atoms with Crippen molar-refractivity contribution in [1.29, 1.82) is 0 Å². The van der Waals surface area contributed by atoms with Crippen LogP contribution in [0.5, 0.6) is 0 Å². The van der Waals surface area contributed by atoms with E-state index in [1.165, 1.54) is 5.56 Å². The molecule has 0 radical (unpaired) electrons.